The fourth-order valence-corrected chi connectivity index (χ4v) is 12.4. The third-order valence-corrected chi connectivity index (χ3v) is 15.5. The Labute approximate surface area is 379 Å². The molecule has 0 amide bonds. The summed E-state index contributed by atoms with van der Waals surface area (Å²) in [5, 5.41) is 0. The Hall–Kier alpha value is -6.90. The van der Waals surface area contributed by atoms with Crippen LogP contribution in [0.4, 0.5) is 11.4 Å². The molecule has 0 spiro atoms. The third kappa shape index (κ3) is 5.51. The third-order valence-electron chi connectivity index (χ3n) is 15.5. The first kappa shape index (κ1) is 38.8. The number of anilines is 2. The summed E-state index contributed by atoms with van der Waals surface area (Å²) in [6.07, 6.45) is 7.01. The fraction of sp³-hybridized carbons (Fsp3) is 0.161. The number of rotatable bonds is 5. The van der Waals surface area contributed by atoms with E-state index in [-0.39, 0.29) is 17.7 Å². The lowest BCUT2D eigenvalue weighted by molar-refractivity contribution is 0.515. The summed E-state index contributed by atoms with van der Waals surface area (Å²) < 4.78 is 0. The van der Waals surface area contributed by atoms with E-state index in [0.717, 1.165) is 12.8 Å². The summed E-state index contributed by atoms with van der Waals surface area (Å²) in [5.74, 6) is 0. The Morgan fingerprint density at radius 1 is 0.422 bits per heavy atom. The van der Waals surface area contributed by atoms with E-state index in [0.29, 0.717) is 0 Å². The molecule has 308 valence electrons. The predicted octanol–water partition coefficient (Wildman–Crippen LogP) is 14.5. The molecule has 12 rings (SSSR count). The first-order valence-electron chi connectivity index (χ1n) is 23.2. The van der Waals surface area contributed by atoms with Crippen LogP contribution >= 0.6 is 0 Å². The van der Waals surface area contributed by atoms with Crippen LogP contribution in [-0.4, -0.2) is 6.85 Å². The molecule has 0 aromatic heterocycles. The fourth-order valence-electron chi connectivity index (χ4n) is 12.4. The van der Waals surface area contributed by atoms with E-state index >= 15 is 0 Å². The largest absolute Gasteiger partial charge is 0.375 e. The maximum atomic E-state index is 2.83. The zero-order valence-corrected chi connectivity index (χ0v) is 37.5. The smallest absolute Gasteiger partial charge is 0.328 e. The van der Waals surface area contributed by atoms with E-state index in [4.69, 9.17) is 0 Å². The Morgan fingerprint density at radius 3 is 1.44 bits per heavy atom. The summed E-state index contributed by atoms with van der Waals surface area (Å²) in [6, 6.07) is 71.1. The van der Waals surface area contributed by atoms with Gasteiger partial charge in [0.15, 0.2) is 0 Å². The highest BCUT2D eigenvalue weighted by Gasteiger charge is 2.55. The molecule has 64 heavy (non-hydrogen) atoms. The second-order valence-corrected chi connectivity index (χ2v) is 19.6. The van der Waals surface area contributed by atoms with Crippen LogP contribution in [0.3, 0.4) is 0 Å². The van der Waals surface area contributed by atoms with Crippen LogP contribution in [0.2, 0.25) is 0 Å². The predicted molar refractivity (Wildman–Crippen MR) is 272 cm³/mol. The zero-order chi connectivity index (χ0) is 43.4. The van der Waals surface area contributed by atoms with E-state index < -0.39 is 5.41 Å². The molecule has 2 aliphatic carbocycles. The molecule has 1 unspecified atom stereocenters. The summed E-state index contributed by atoms with van der Waals surface area (Å²) in [4.78, 5) is 2.83. The number of hydrogen-bond acceptors (Lipinski definition) is 1. The van der Waals surface area contributed by atoms with Gasteiger partial charge in [0, 0.05) is 38.7 Å². The van der Waals surface area contributed by atoms with Gasteiger partial charge in [-0.3, -0.25) is 0 Å². The molecule has 2 aliphatic heterocycles. The average Bonchev–Trinajstić information content (AvgIpc) is 3.35. The highest BCUT2D eigenvalue weighted by atomic mass is 15.1. The van der Waals surface area contributed by atoms with Gasteiger partial charge in [0.1, 0.15) is 0 Å². The lowest BCUT2D eigenvalue weighted by Gasteiger charge is -2.54. The minimum absolute atomic E-state index is 0.125. The van der Waals surface area contributed by atoms with E-state index in [1.165, 1.54) is 100 Å². The molecule has 0 saturated carbocycles. The van der Waals surface area contributed by atoms with Crippen molar-refractivity contribution in [1.29, 1.82) is 0 Å². The number of hydrogen-bond donors (Lipinski definition) is 0. The molecule has 2 heterocycles. The monoisotopic (exact) mass is 821 g/mol. The summed E-state index contributed by atoms with van der Waals surface area (Å²) in [7, 11) is 0. The summed E-state index contributed by atoms with van der Waals surface area (Å²) >= 11 is 0. The van der Waals surface area contributed by atoms with Gasteiger partial charge in [-0.05, 0) is 122 Å². The molecule has 0 bridgehead atoms. The molecule has 0 saturated heterocycles. The molecule has 0 fully saturated rings. The molecule has 4 aliphatic rings. The topological polar surface area (TPSA) is 3.24 Å². The van der Waals surface area contributed by atoms with Crippen LogP contribution in [0, 0.1) is 0 Å². The Kier molecular flexibility index (Phi) is 8.67. The molecule has 1 nitrogen and oxygen atoms in total. The number of fused-ring (bicyclic) bond motifs is 5. The van der Waals surface area contributed by atoms with Crippen LogP contribution in [0.15, 0.2) is 211 Å². The SMILES string of the molecule is CC1(C)C2=C(CCC=C2)C2(C)c3ccccc3B(N3c4c(-c5ccccc5)cc(-c5ccccc5)cc4C(C)(C)c4cc(-c5ccccc5)cc(-c5ccccc5)c43)c3cccc1c32. The van der Waals surface area contributed by atoms with Crippen molar-refractivity contribution in [2.24, 2.45) is 0 Å². The quantitative estimate of drug-likeness (QED) is 0.156. The molecule has 2 heteroatoms. The molecule has 8 aromatic carbocycles. The van der Waals surface area contributed by atoms with Crippen molar-refractivity contribution in [2.45, 2.75) is 63.7 Å². The highest BCUT2D eigenvalue weighted by molar-refractivity contribution is 6.90. The van der Waals surface area contributed by atoms with E-state index in [2.05, 4.69) is 240 Å². The van der Waals surface area contributed by atoms with Crippen LogP contribution in [0.5, 0.6) is 0 Å². The normalized spacial score (nSPS) is 18.4. The van der Waals surface area contributed by atoms with Crippen molar-refractivity contribution in [3.05, 3.63) is 239 Å². The first-order valence-corrected chi connectivity index (χ1v) is 23.2. The van der Waals surface area contributed by atoms with Gasteiger partial charge in [-0.25, -0.2) is 0 Å². The minimum atomic E-state index is -0.390. The summed E-state index contributed by atoms with van der Waals surface area (Å²) in [5.41, 5.74) is 24.5. The van der Waals surface area contributed by atoms with Crippen molar-refractivity contribution in [1.82, 2.24) is 0 Å². The Bertz CT molecular complexity index is 3080. The van der Waals surface area contributed by atoms with Gasteiger partial charge in [0.25, 0.3) is 0 Å². The van der Waals surface area contributed by atoms with Crippen molar-refractivity contribution < 1.29 is 0 Å². The van der Waals surface area contributed by atoms with E-state index in [9.17, 15) is 0 Å². The van der Waals surface area contributed by atoms with Gasteiger partial charge in [-0.1, -0.05) is 209 Å². The Balaban J connectivity index is 1.26. The van der Waals surface area contributed by atoms with Crippen molar-refractivity contribution in [2.75, 3.05) is 4.81 Å². The van der Waals surface area contributed by atoms with Gasteiger partial charge in [-0.2, -0.15) is 0 Å². The zero-order valence-electron chi connectivity index (χ0n) is 37.5. The van der Waals surface area contributed by atoms with E-state index in [1.807, 2.05) is 0 Å². The van der Waals surface area contributed by atoms with Crippen LogP contribution in [0.25, 0.3) is 44.5 Å². The standard InChI is InChI=1S/C62H52BN/c1-60(2)49-31-18-19-32-50(49)62(5)51-33-20-21-35-55(51)63(56-36-22-34-52(60)57(56)62)64-58-47(43-27-14-8-15-28-43)37-45(41-23-10-6-11-24-41)39-53(58)61(3,4)54-40-46(42-25-12-7-13-26-42)38-48(59(54)64)44-29-16-9-17-30-44/h6-18,20-31,33-40H,19,32H2,1-5H3. The molecule has 1 atom stereocenters. The second kappa shape index (κ2) is 14.3. The summed E-state index contributed by atoms with van der Waals surface area (Å²) in [6.45, 7) is 12.3. The number of benzene rings is 8. The Morgan fingerprint density at radius 2 is 0.891 bits per heavy atom. The van der Waals surface area contributed by atoms with Crippen molar-refractivity contribution in [3.8, 4) is 44.5 Å². The van der Waals surface area contributed by atoms with Gasteiger partial charge >= 0.3 is 6.85 Å². The van der Waals surface area contributed by atoms with Crippen LogP contribution < -0.4 is 15.7 Å². The lowest BCUT2D eigenvalue weighted by atomic mass is 9.37. The van der Waals surface area contributed by atoms with Crippen molar-refractivity contribution >= 4 is 29.1 Å². The van der Waals surface area contributed by atoms with E-state index in [1.54, 1.807) is 5.57 Å². The molecule has 0 N–H and O–H groups in total. The maximum Gasteiger partial charge on any atom is 0.328 e. The minimum Gasteiger partial charge on any atom is -0.375 e. The molecule has 0 radical (unpaired) electrons. The first-order chi connectivity index (χ1) is 31.2. The van der Waals surface area contributed by atoms with Gasteiger partial charge in [0.05, 0.1) is 0 Å². The van der Waals surface area contributed by atoms with Gasteiger partial charge < -0.3 is 4.81 Å². The molecule has 8 aromatic rings. The van der Waals surface area contributed by atoms with Crippen LogP contribution in [0.1, 0.15) is 75.3 Å². The van der Waals surface area contributed by atoms with Gasteiger partial charge in [-0.15, -0.1) is 0 Å². The van der Waals surface area contributed by atoms with Crippen molar-refractivity contribution in [3.63, 3.8) is 0 Å². The van der Waals surface area contributed by atoms with Crippen LogP contribution in [-0.2, 0) is 16.2 Å². The second-order valence-electron chi connectivity index (χ2n) is 19.6. The average molecular weight is 822 g/mol. The maximum absolute atomic E-state index is 2.83. The number of allylic oxidation sites excluding steroid dienone is 4. The molecular formula is C62H52BN. The molecular weight excluding hydrogens is 770 g/mol. The lowest BCUT2D eigenvalue weighted by Crippen LogP contribution is -2.65. The highest BCUT2D eigenvalue weighted by Crippen LogP contribution is 2.60. The number of nitrogens with zero attached hydrogens (tertiary/aromatic N) is 1. The van der Waals surface area contributed by atoms with Gasteiger partial charge in [0.2, 0.25) is 0 Å².